The van der Waals surface area contributed by atoms with Gasteiger partial charge in [0.2, 0.25) is 5.91 Å². The van der Waals surface area contributed by atoms with Gasteiger partial charge in [0.25, 0.3) is 0 Å². The van der Waals surface area contributed by atoms with Crippen molar-refractivity contribution in [3.05, 3.63) is 0 Å². The van der Waals surface area contributed by atoms with Crippen LogP contribution in [0.15, 0.2) is 0 Å². The minimum absolute atomic E-state index is 0.0439. The summed E-state index contributed by atoms with van der Waals surface area (Å²) in [5, 5.41) is 2.66. The summed E-state index contributed by atoms with van der Waals surface area (Å²) >= 11 is 0. The molecule has 0 saturated heterocycles. The van der Waals surface area contributed by atoms with E-state index in [0.717, 1.165) is 19.3 Å². The zero-order chi connectivity index (χ0) is 8.48. The van der Waals surface area contributed by atoms with Crippen LogP contribution in [-0.2, 0) is 4.79 Å². The van der Waals surface area contributed by atoms with E-state index in [0.29, 0.717) is 0 Å². The van der Waals surface area contributed by atoms with Gasteiger partial charge < -0.3 is 11.1 Å². The molecule has 2 unspecified atom stereocenters. The highest BCUT2D eigenvalue weighted by Crippen LogP contribution is 2.36. The molecule has 1 aliphatic rings. The summed E-state index contributed by atoms with van der Waals surface area (Å²) in [6.45, 7) is 1.95. The molecule has 0 heterocycles. The lowest BCUT2D eigenvalue weighted by molar-refractivity contribution is -0.129. The number of nitrogens with one attached hydrogen (secondary N) is 1. The number of nitrogens with two attached hydrogens (primary N) is 1. The Balaban J connectivity index is 2.72. The van der Waals surface area contributed by atoms with Gasteiger partial charge in [-0.15, -0.1) is 0 Å². The normalized spacial score (nSPS) is 37.2. The van der Waals surface area contributed by atoms with Gasteiger partial charge in [-0.25, -0.2) is 0 Å². The second kappa shape index (κ2) is 2.81. The van der Waals surface area contributed by atoms with Gasteiger partial charge in [-0.2, -0.15) is 0 Å². The van der Waals surface area contributed by atoms with Gasteiger partial charge in [-0.1, -0.05) is 6.42 Å². The monoisotopic (exact) mass is 156 g/mol. The second-order valence-corrected chi connectivity index (χ2v) is 3.50. The highest BCUT2D eigenvalue weighted by Gasteiger charge is 2.42. The first kappa shape index (κ1) is 8.53. The average molecular weight is 156 g/mol. The van der Waals surface area contributed by atoms with E-state index in [2.05, 4.69) is 5.32 Å². The Labute approximate surface area is 67.3 Å². The lowest BCUT2D eigenvalue weighted by Crippen LogP contribution is -2.46. The summed E-state index contributed by atoms with van der Waals surface area (Å²) in [6.07, 6.45) is 2.98. The Kier molecular flexibility index (Phi) is 2.18. The molecule has 0 bridgehead atoms. The quantitative estimate of drug-likeness (QED) is 0.571. The molecule has 1 amide bonds. The van der Waals surface area contributed by atoms with Crippen LogP contribution in [0.5, 0.6) is 0 Å². The third-order valence-electron chi connectivity index (χ3n) is 2.78. The minimum Gasteiger partial charge on any atom is -0.359 e. The van der Waals surface area contributed by atoms with E-state index in [1.165, 1.54) is 0 Å². The SMILES string of the molecule is CNC(=O)C1(C)CCCC1N. The molecule has 1 fully saturated rings. The maximum Gasteiger partial charge on any atom is 0.227 e. The summed E-state index contributed by atoms with van der Waals surface area (Å²) in [4.78, 5) is 11.4. The summed E-state index contributed by atoms with van der Waals surface area (Å²) in [6, 6.07) is 0.0439. The molecule has 3 N–H and O–H groups in total. The Morgan fingerprint density at radius 1 is 1.73 bits per heavy atom. The molecule has 64 valence electrons. The lowest BCUT2D eigenvalue weighted by Gasteiger charge is -2.26. The van der Waals surface area contributed by atoms with Crippen LogP contribution in [0.4, 0.5) is 0 Å². The molecular formula is C8H16N2O. The number of rotatable bonds is 1. The Morgan fingerprint density at radius 2 is 2.36 bits per heavy atom. The topological polar surface area (TPSA) is 55.1 Å². The van der Waals surface area contributed by atoms with E-state index in [1.54, 1.807) is 7.05 Å². The number of hydrogen-bond acceptors (Lipinski definition) is 2. The molecule has 11 heavy (non-hydrogen) atoms. The lowest BCUT2D eigenvalue weighted by atomic mass is 9.84. The molecule has 2 atom stereocenters. The minimum atomic E-state index is -0.311. The molecule has 0 aromatic carbocycles. The van der Waals surface area contributed by atoms with Crippen LogP contribution >= 0.6 is 0 Å². The predicted molar refractivity (Wildman–Crippen MR) is 44.0 cm³/mol. The van der Waals surface area contributed by atoms with Crippen molar-refractivity contribution in [2.75, 3.05) is 7.05 Å². The maximum absolute atomic E-state index is 11.4. The molecule has 0 radical (unpaired) electrons. The van der Waals surface area contributed by atoms with Gasteiger partial charge in [-0.05, 0) is 19.8 Å². The van der Waals surface area contributed by atoms with Crippen molar-refractivity contribution >= 4 is 5.91 Å². The molecule has 1 rings (SSSR count). The van der Waals surface area contributed by atoms with Gasteiger partial charge in [0.1, 0.15) is 0 Å². The van der Waals surface area contributed by atoms with Crippen LogP contribution in [0.25, 0.3) is 0 Å². The fourth-order valence-corrected chi connectivity index (χ4v) is 1.76. The molecule has 0 aromatic rings. The first-order chi connectivity index (χ1) is 5.11. The first-order valence-electron chi connectivity index (χ1n) is 4.09. The van der Waals surface area contributed by atoms with Crippen molar-refractivity contribution in [3.8, 4) is 0 Å². The Morgan fingerprint density at radius 3 is 2.73 bits per heavy atom. The van der Waals surface area contributed by atoms with Crippen LogP contribution in [0, 0.1) is 5.41 Å². The second-order valence-electron chi connectivity index (χ2n) is 3.50. The van der Waals surface area contributed by atoms with Gasteiger partial charge >= 0.3 is 0 Å². The largest absolute Gasteiger partial charge is 0.359 e. The average Bonchev–Trinajstić information content (AvgIpc) is 2.32. The standard InChI is InChI=1S/C8H16N2O/c1-8(7(11)10-2)5-3-4-6(8)9/h6H,3-5,9H2,1-2H3,(H,10,11). The van der Waals surface area contributed by atoms with Crippen LogP contribution in [-0.4, -0.2) is 19.0 Å². The van der Waals surface area contributed by atoms with Crippen molar-refractivity contribution in [1.29, 1.82) is 0 Å². The van der Waals surface area contributed by atoms with E-state index < -0.39 is 0 Å². The third kappa shape index (κ3) is 1.25. The van der Waals surface area contributed by atoms with E-state index >= 15 is 0 Å². The molecule has 0 aromatic heterocycles. The fraction of sp³-hybridized carbons (Fsp3) is 0.875. The predicted octanol–water partition coefficient (Wildman–Crippen LogP) is 0.250. The number of amides is 1. The molecule has 0 spiro atoms. The van der Waals surface area contributed by atoms with E-state index in [4.69, 9.17) is 5.73 Å². The molecule has 3 heteroatoms. The summed E-state index contributed by atoms with van der Waals surface area (Å²) in [5.41, 5.74) is 5.52. The van der Waals surface area contributed by atoms with Crippen LogP contribution in [0.2, 0.25) is 0 Å². The molecule has 0 aliphatic heterocycles. The fourth-order valence-electron chi connectivity index (χ4n) is 1.76. The number of carbonyl (C=O) groups excluding carboxylic acids is 1. The molecule has 1 aliphatic carbocycles. The smallest absolute Gasteiger partial charge is 0.227 e. The van der Waals surface area contributed by atoms with Crippen molar-refractivity contribution < 1.29 is 4.79 Å². The summed E-state index contributed by atoms with van der Waals surface area (Å²) in [7, 11) is 1.67. The highest BCUT2D eigenvalue weighted by molar-refractivity contribution is 5.83. The molecular weight excluding hydrogens is 140 g/mol. The number of hydrogen-bond donors (Lipinski definition) is 2. The van der Waals surface area contributed by atoms with Crippen molar-refractivity contribution in [3.63, 3.8) is 0 Å². The van der Waals surface area contributed by atoms with Crippen molar-refractivity contribution in [2.45, 2.75) is 32.2 Å². The summed E-state index contributed by atoms with van der Waals surface area (Å²) in [5.74, 6) is 0.0856. The Hall–Kier alpha value is -0.570. The maximum atomic E-state index is 11.4. The van der Waals surface area contributed by atoms with Gasteiger partial charge in [-0.3, -0.25) is 4.79 Å². The van der Waals surface area contributed by atoms with Crippen LogP contribution in [0.3, 0.4) is 0 Å². The van der Waals surface area contributed by atoms with Gasteiger partial charge in [0.05, 0.1) is 5.41 Å². The number of carbonyl (C=O) groups is 1. The van der Waals surface area contributed by atoms with E-state index in [9.17, 15) is 4.79 Å². The first-order valence-corrected chi connectivity index (χ1v) is 4.09. The van der Waals surface area contributed by atoms with E-state index in [-0.39, 0.29) is 17.4 Å². The zero-order valence-corrected chi connectivity index (χ0v) is 7.18. The van der Waals surface area contributed by atoms with Crippen LogP contribution < -0.4 is 11.1 Å². The zero-order valence-electron chi connectivity index (χ0n) is 7.18. The molecule has 1 saturated carbocycles. The Bertz CT molecular complexity index is 169. The van der Waals surface area contributed by atoms with Gasteiger partial charge in [0, 0.05) is 13.1 Å². The van der Waals surface area contributed by atoms with Gasteiger partial charge in [0.15, 0.2) is 0 Å². The van der Waals surface area contributed by atoms with E-state index in [1.807, 2.05) is 6.92 Å². The molecule has 3 nitrogen and oxygen atoms in total. The van der Waals surface area contributed by atoms with Crippen molar-refractivity contribution in [2.24, 2.45) is 11.1 Å². The summed E-state index contributed by atoms with van der Waals surface area (Å²) < 4.78 is 0. The third-order valence-corrected chi connectivity index (χ3v) is 2.78. The van der Waals surface area contributed by atoms with Crippen molar-refractivity contribution in [1.82, 2.24) is 5.32 Å². The highest BCUT2D eigenvalue weighted by atomic mass is 16.2. The van der Waals surface area contributed by atoms with Crippen LogP contribution in [0.1, 0.15) is 26.2 Å².